The highest BCUT2D eigenvalue weighted by Gasteiger charge is 2.14. The summed E-state index contributed by atoms with van der Waals surface area (Å²) in [6, 6.07) is 6.36. The molecule has 1 atom stereocenters. The van der Waals surface area contributed by atoms with Crippen molar-refractivity contribution in [2.45, 2.75) is 33.3 Å². The first-order valence-corrected chi connectivity index (χ1v) is 6.60. The lowest BCUT2D eigenvalue weighted by atomic mass is 9.99. The SMILES string of the molecule is Cc1ccc(C)c(CC(O)c2scnc2C)c1. The zero-order valence-corrected chi connectivity index (χ0v) is 11.2. The number of aliphatic hydroxyl groups excluding tert-OH is 1. The highest BCUT2D eigenvalue weighted by Crippen LogP contribution is 2.26. The van der Waals surface area contributed by atoms with Crippen LogP contribution in [0.5, 0.6) is 0 Å². The molecule has 1 aromatic carbocycles. The van der Waals surface area contributed by atoms with E-state index in [1.165, 1.54) is 28.0 Å². The number of nitrogens with zero attached hydrogens (tertiary/aromatic N) is 1. The molecule has 0 aliphatic rings. The first-order chi connectivity index (χ1) is 8.08. The van der Waals surface area contributed by atoms with Crippen LogP contribution in [0, 0.1) is 20.8 Å². The third-order valence-corrected chi connectivity index (χ3v) is 4.04. The van der Waals surface area contributed by atoms with Crippen LogP contribution in [0.4, 0.5) is 0 Å². The molecule has 0 fully saturated rings. The zero-order valence-electron chi connectivity index (χ0n) is 10.4. The molecule has 1 unspecified atom stereocenters. The lowest BCUT2D eigenvalue weighted by Gasteiger charge is -2.12. The Morgan fingerprint density at radius 3 is 2.71 bits per heavy atom. The molecule has 0 radical (unpaired) electrons. The molecule has 0 saturated heterocycles. The maximum atomic E-state index is 10.2. The molecule has 0 aliphatic carbocycles. The Balaban J connectivity index is 2.21. The molecule has 2 aromatic rings. The van der Waals surface area contributed by atoms with Crippen molar-refractivity contribution in [3.63, 3.8) is 0 Å². The number of aryl methyl sites for hydroxylation is 3. The van der Waals surface area contributed by atoms with E-state index >= 15 is 0 Å². The van der Waals surface area contributed by atoms with Gasteiger partial charge in [0, 0.05) is 6.42 Å². The lowest BCUT2D eigenvalue weighted by molar-refractivity contribution is 0.181. The van der Waals surface area contributed by atoms with E-state index in [1.54, 1.807) is 5.51 Å². The lowest BCUT2D eigenvalue weighted by Crippen LogP contribution is -2.03. The fourth-order valence-corrected chi connectivity index (χ4v) is 2.74. The summed E-state index contributed by atoms with van der Waals surface area (Å²) in [7, 11) is 0. The van der Waals surface area contributed by atoms with Gasteiger partial charge in [-0.15, -0.1) is 11.3 Å². The number of aliphatic hydroxyl groups is 1. The Morgan fingerprint density at radius 2 is 2.06 bits per heavy atom. The van der Waals surface area contributed by atoms with Crippen LogP contribution in [0.1, 0.15) is 33.4 Å². The third kappa shape index (κ3) is 2.73. The van der Waals surface area contributed by atoms with Crippen molar-refractivity contribution in [3.8, 4) is 0 Å². The van der Waals surface area contributed by atoms with E-state index < -0.39 is 6.10 Å². The van der Waals surface area contributed by atoms with Gasteiger partial charge in [-0.3, -0.25) is 0 Å². The van der Waals surface area contributed by atoms with Crippen molar-refractivity contribution in [2.75, 3.05) is 0 Å². The standard InChI is InChI=1S/C14H17NOS/c1-9-4-5-10(2)12(6-9)7-13(16)14-11(3)15-8-17-14/h4-6,8,13,16H,7H2,1-3H3. The monoisotopic (exact) mass is 247 g/mol. The molecule has 17 heavy (non-hydrogen) atoms. The number of thiazole rings is 1. The average Bonchev–Trinajstić information content (AvgIpc) is 2.70. The van der Waals surface area contributed by atoms with E-state index in [9.17, 15) is 5.11 Å². The second kappa shape index (κ2) is 4.98. The molecule has 1 heterocycles. The molecule has 3 heteroatoms. The summed E-state index contributed by atoms with van der Waals surface area (Å²) < 4.78 is 0. The minimum absolute atomic E-state index is 0.442. The topological polar surface area (TPSA) is 33.1 Å². The van der Waals surface area contributed by atoms with Gasteiger partial charge >= 0.3 is 0 Å². The van der Waals surface area contributed by atoms with Crippen LogP contribution < -0.4 is 0 Å². The fourth-order valence-electron chi connectivity index (χ4n) is 1.95. The summed E-state index contributed by atoms with van der Waals surface area (Å²) in [6.45, 7) is 6.10. The van der Waals surface area contributed by atoms with Crippen LogP contribution in [0.15, 0.2) is 23.7 Å². The van der Waals surface area contributed by atoms with Gasteiger partial charge in [-0.1, -0.05) is 23.8 Å². The predicted octanol–water partition coefficient (Wildman–Crippen LogP) is 3.34. The number of benzene rings is 1. The average molecular weight is 247 g/mol. The van der Waals surface area contributed by atoms with Crippen molar-refractivity contribution in [1.82, 2.24) is 4.98 Å². The molecule has 2 nitrogen and oxygen atoms in total. The molecular weight excluding hydrogens is 230 g/mol. The number of aromatic nitrogens is 1. The van der Waals surface area contributed by atoms with Crippen molar-refractivity contribution < 1.29 is 5.11 Å². The predicted molar refractivity (Wildman–Crippen MR) is 71.4 cm³/mol. The second-order valence-corrected chi connectivity index (χ2v) is 5.34. The maximum Gasteiger partial charge on any atom is 0.0941 e. The largest absolute Gasteiger partial charge is 0.387 e. The van der Waals surface area contributed by atoms with Gasteiger partial charge < -0.3 is 5.11 Å². The van der Waals surface area contributed by atoms with Gasteiger partial charge in [0.25, 0.3) is 0 Å². The second-order valence-electron chi connectivity index (χ2n) is 4.45. The molecule has 0 spiro atoms. The summed E-state index contributed by atoms with van der Waals surface area (Å²) in [4.78, 5) is 5.16. The molecule has 0 bridgehead atoms. The number of hydrogen-bond acceptors (Lipinski definition) is 3. The summed E-state index contributed by atoms with van der Waals surface area (Å²) in [5.41, 5.74) is 6.41. The summed E-state index contributed by atoms with van der Waals surface area (Å²) in [5.74, 6) is 0. The van der Waals surface area contributed by atoms with Gasteiger partial charge in [0.1, 0.15) is 0 Å². The molecule has 0 saturated carbocycles. The van der Waals surface area contributed by atoms with Gasteiger partial charge in [-0.25, -0.2) is 4.98 Å². The Bertz CT molecular complexity index is 519. The fraction of sp³-hybridized carbons (Fsp3) is 0.357. The summed E-state index contributed by atoms with van der Waals surface area (Å²) in [5, 5.41) is 10.2. The van der Waals surface area contributed by atoms with Crippen molar-refractivity contribution in [3.05, 3.63) is 51.0 Å². The van der Waals surface area contributed by atoms with Crippen LogP contribution >= 0.6 is 11.3 Å². The summed E-state index contributed by atoms with van der Waals surface area (Å²) in [6.07, 6.45) is 0.222. The molecular formula is C14H17NOS. The molecule has 1 N–H and O–H groups in total. The Labute approximate surface area is 106 Å². The van der Waals surface area contributed by atoms with Crippen LogP contribution in [-0.4, -0.2) is 10.1 Å². The van der Waals surface area contributed by atoms with Crippen LogP contribution in [0.2, 0.25) is 0 Å². The summed E-state index contributed by atoms with van der Waals surface area (Å²) >= 11 is 1.53. The number of hydrogen-bond donors (Lipinski definition) is 1. The molecule has 1 aromatic heterocycles. The smallest absolute Gasteiger partial charge is 0.0941 e. The van der Waals surface area contributed by atoms with Crippen LogP contribution in [0.3, 0.4) is 0 Å². The highest BCUT2D eigenvalue weighted by atomic mass is 32.1. The van der Waals surface area contributed by atoms with Gasteiger partial charge in [0.15, 0.2) is 0 Å². The van der Waals surface area contributed by atoms with E-state index in [0.717, 1.165) is 10.6 Å². The van der Waals surface area contributed by atoms with Gasteiger partial charge in [-0.2, -0.15) is 0 Å². The first-order valence-electron chi connectivity index (χ1n) is 5.72. The zero-order chi connectivity index (χ0) is 12.4. The van der Waals surface area contributed by atoms with E-state index in [4.69, 9.17) is 0 Å². The van der Waals surface area contributed by atoms with Crippen LogP contribution in [-0.2, 0) is 6.42 Å². The first kappa shape index (κ1) is 12.3. The minimum Gasteiger partial charge on any atom is -0.387 e. The Hall–Kier alpha value is -1.19. The third-order valence-electron chi connectivity index (χ3n) is 3.00. The quantitative estimate of drug-likeness (QED) is 0.902. The van der Waals surface area contributed by atoms with Crippen LogP contribution in [0.25, 0.3) is 0 Å². The Morgan fingerprint density at radius 1 is 1.29 bits per heavy atom. The van der Waals surface area contributed by atoms with Crippen molar-refractivity contribution in [2.24, 2.45) is 0 Å². The van der Waals surface area contributed by atoms with Crippen molar-refractivity contribution in [1.29, 1.82) is 0 Å². The van der Waals surface area contributed by atoms with E-state index in [2.05, 4.69) is 37.0 Å². The maximum absolute atomic E-state index is 10.2. The van der Waals surface area contributed by atoms with E-state index in [0.29, 0.717) is 6.42 Å². The molecule has 0 aliphatic heterocycles. The van der Waals surface area contributed by atoms with Crippen molar-refractivity contribution >= 4 is 11.3 Å². The highest BCUT2D eigenvalue weighted by molar-refractivity contribution is 7.09. The molecule has 2 rings (SSSR count). The van der Waals surface area contributed by atoms with E-state index in [1.807, 2.05) is 6.92 Å². The minimum atomic E-state index is -0.442. The van der Waals surface area contributed by atoms with Gasteiger partial charge in [-0.05, 0) is 31.9 Å². The molecule has 0 amide bonds. The van der Waals surface area contributed by atoms with E-state index in [-0.39, 0.29) is 0 Å². The molecule has 90 valence electrons. The Kier molecular flexibility index (Phi) is 3.60. The van der Waals surface area contributed by atoms with Gasteiger partial charge in [0.2, 0.25) is 0 Å². The number of rotatable bonds is 3. The normalized spacial score (nSPS) is 12.7. The van der Waals surface area contributed by atoms with Gasteiger partial charge in [0.05, 0.1) is 22.2 Å².